The number of ether oxygens (including phenoxy) is 1. The Balaban J connectivity index is 1.58. The second-order valence-corrected chi connectivity index (χ2v) is 8.84. The minimum absolute atomic E-state index is 0.107. The van der Waals surface area contributed by atoms with Gasteiger partial charge in [0.25, 0.3) is 0 Å². The van der Waals surface area contributed by atoms with Gasteiger partial charge >= 0.3 is 6.36 Å². The second-order valence-electron chi connectivity index (χ2n) is 6.90. The summed E-state index contributed by atoms with van der Waals surface area (Å²) in [5.41, 5.74) is 0.965. The Bertz CT molecular complexity index is 973. The van der Waals surface area contributed by atoms with Crippen LogP contribution in [0.3, 0.4) is 0 Å². The van der Waals surface area contributed by atoms with Crippen molar-refractivity contribution in [1.82, 2.24) is 9.62 Å². The summed E-state index contributed by atoms with van der Waals surface area (Å²) in [6, 6.07) is 13.7. The molecule has 2 aromatic carbocycles. The maximum absolute atomic E-state index is 12.8. The van der Waals surface area contributed by atoms with Gasteiger partial charge in [0.05, 0.1) is 4.90 Å². The molecule has 2 aromatic rings. The molecule has 1 aliphatic rings. The number of amides is 1. The highest BCUT2D eigenvalue weighted by molar-refractivity contribution is 7.89. The van der Waals surface area contributed by atoms with Crippen molar-refractivity contribution in [1.29, 1.82) is 0 Å². The van der Waals surface area contributed by atoms with Crippen molar-refractivity contribution in [3.8, 4) is 5.75 Å². The molecule has 1 saturated heterocycles. The molecule has 0 saturated carbocycles. The first kappa shape index (κ1) is 22.1. The van der Waals surface area contributed by atoms with Gasteiger partial charge in [-0.2, -0.15) is 4.31 Å². The number of piperidine rings is 1. The van der Waals surface area contributed by atoms with Crippen LogP contribution in [0.5, 0.6) is 5.75 Å². The largest absolute Gasteiger partial charge is 0.573 e. The Morgan fingerprint density at radius 1 is 1.07 bits per heavy atom. The molecule has 30 heavy (non-hydrogen) atoms. The third kappa shape index (κ3) is 5.73. The van der Waals surface area contributed by atoms with Crippen LogP contribution in [-0.4, -0.2) is 38.1 Å². The van der Waals surface area contributed by atoms with Gasteiger partial charge < -0.3 is 10.1 Å². The van der Waals surface area contributed by atoms with Crippen LogP contribution < -0.4 is 10.1 Å². The third-order valence-electron chi connectivity index (χ3n) is 4.81. The third-order valence-corrected chi connectivity index (χ3v) is 6.71. The van der Waals surface area contributed by atoms with Crippen LogP contribution in [0.25, 0.3) is 0 Å². The highest BCUT2D eigenvalue weighted by Crippen LogP contribution is 2.28. The van der Waals surface area contributed by atoms with Gasteiger partial charge in [-0.1, -0.05) is 36.4 Å². The van der Waals surface area contributed by atoms with Gasteiger partial charge in [-0.25, -0.2) is 8.42 Å². The maximum atomic E-state index is 12.8. The average molecular weight is 442 g/mol. The van der Waals surface area contributed by atoms with Gasteiger partial charge in [0.1, 0.15) is 5.75 Å². The molecule has 1 aliphatic heterocycles. The van der Waals surface area contributed by atoms with Crippen LogP contribution in [0.15, 0.2) is 59.5 Å². The molecule has 1 fully saturated rings. The molecule has 0 bridgehead atoms. The number of hydrogen-bond acceptors (Lipinski definition) is 4. The van der Waals surface area contributed by atoms with E-state index in [2.05, 4.69) is 10.1 Å². The smallest absolute Gasteiger partial charge is 0.406 e. The van der Waals surface area contributed by atoms with Gasteiger partial charge in [0, 0.05) is 31.6 Å². The molecule has 1 amide bonds. The van der Waals surface area contributed by atoms with E-state index in [-0.39, 0.29) is 29.8 Å². The molecule has 6 nitrogen and oxygen atoms in total. The number of carbonyl (C=O) groups excluding carboxylic acids is 1. The molecular weight excluding hydrogens is 421 g/mol. The summed E-state index contributed by atoms with van der Waals surface area (Å²) in [6.07, 6.45) is -4.25. The molecule has 1 heterocycles. The van der Waals surface area contributed by atoms with E-state index in [0.29, 0.717) is 19.4 Å². The number of carbonyl (C=O) groups is 1. The lowest BCUT2D eigenvalue weighted by Crippen LogP contribution is -2.42. The Kier molecular flexibility index (Phi) is 6.67. The van der Waals surface area contributed by atoms with E-state index in [9.17, 15) is 26.4 Å². The molecule has 0 aromatic heterocycles. The Morgan fingerprint density at radius 2 is 1.73 bits per heavy atom. The summed E-state index contributed by atoms with van der Waals surface area (Å²) >= 11 is 0. The molecule has 0 aliphatic carbocycles. The fourth-order valence-corrected chi connectivity index (χ4v) is 4.77. The normalized spacial score (nSPS) is 16.2. The second kappa shape index (κ2) is 9.05. The zero-order chi connectivity index (χ0) is 21.8. The molecular formula is C20H21F3N2O4S. The number of nitrogens with zero attached hydrogens (tertiary/aromatic N) is 1. The highest BCUT2D eigenvalue weighted by Gasteiger charge is 2.34. The Hall–Kier alpha value is -2.59. The van der Waals surface area contributed by atoms with E-state index in [4.69, 9.17) is 0 Å². The quantitative estimate of drug-likeness (QED) is 0.745. The molecule has 3 rings (SSSR count). The van der Waals surface area contributed by atoms with Crippen LogP contribution in [0.2, 0.25) is 0 Å². The van der Waals surface area contributed by atoms with Gasteiger partial charge in [-0.3, -0.25) is 4.79 Å². The number of nitrogens with one attached hydrogen (secondary N) is 1. The van der Waals surface area contributed by atoms with Crippen LogP contribution >= 0.6 is 0 Å². The van der Waals surface area contributed by atoms with Crippen molar-refractivity contribution in [2.45, 2.75) is 30.6 Å². The summed E-state index contributed by atoms with van der Waals surface area (Å²) in [5.74, 6) is -1.06. The molecule has 0 spiro atoms. The molecule has 0 radical (unpaired) electrons. The average Bonchev–Trinajstić information content (AvgIpc) is 2.72. The maximum Gasteiger partial charge on any atom is 0.573 e. The number of alkyl halides is 3. The summed E-state index contributed by atoms with van der Waals surface area (Å²) in [7, 11) is -3.99. The fraction of sp³-hybridized carbons (Fsp3) is 0.350. The van der Waals surface area contributed by atoms with Gasteiger partial charge in [-0.15, -0.1) is 13.2 Å². The lowest BCUT2D eigenvalue weighted by atomic mass is 9.97. The van der Waals surface area contributed by atoms with Crippen molar-refractivity contribution in [2.24, 2.45) is 5.92 Å². The molecule has 10 heteroatoms. The monoisotopic (exact) mass is 442 g/mol. The molecule has 0 atom stereocenters. The van der Waals surface area contributed by atoms with Crippen molar-refractivity contribution in [3.63, 3.8) is 0 Å². The van der Waals surface area contributed by atoms with Gasteiger partial charge in [-0.05, 0) is 30.5 Å². The van der Waals surface area contributed by atoms with Crippen molar-refractivity contribution in [2.75, 3.05) is 13.1 Å². The minimum atomic E-state index is -4.91. The van der Waals surface area contributed by atoms with Crippen molar-refractivity contribution in [3.05, 3.63) is 60.2 Å². The number of rotatable bonds is 6. The van der Waals surface area contributed by atoms with Crippen LogP contribution in [0.4, 0.5) is 13.2 Å². The summed E-state index contributed by atoms with van der Waals surface area (Å²) in [6.45, 7) is 0.608. The first-order chi connectivity index (χ1) is 14.1. The van der Waals surface area contributed by atoms with Crippen LogP contribution in [-0.2, 0) is 21.4 Å². The number of sulfonamides is 1. The Morgan fingerprint density at radius 3 is 2.37 bits per heavy atom. The van der Waals surface area contributed by atoms with Crippen LogP contribution in [0, 0.1) is 5.92 Å². The zero-order valence-electron chi connectivity index (χ0n) is 15.9. The van der Waals surface area contributed by atoms with Crippen molar-refractivity contribution >= 4 is 15.9 Å². The predicted molar refractivity (Wildman–Crippen MR) is 103 cm³/mol. The standard InChI is InChI=1S/C20H21F3N2O4S/c21-20(22,23)29-17-7-4-8-18(13-17)30(27,28)25-11-9-16(10-12-25)19(26)24-14-15-5-2-1-3-6-15/h1-8,13,16H,9-12,14H2,(H,24,26). The SMILES string of the molecule is O=C(NCc1ccccc1)C1CCN(S(=O)(=O)c2cccc(OC(F)(F)F)c2)CC1. The molecule has 162 valence electrons. The first-order valence-electron chi connectivity index (χ1n) is 9.33. The first-order valence-corrected chi connectivity index (χ1v) is 10.8. The highest BCUT2D eigenvalue weighted by atomic mass is 32.2. The van der Waals surface area contributed by atoms with E-state index < -0.39 is 22.1 Å². The van der Waals surface area contributed by atoms with Crippen molar-refractivity contribution < 1.29 is 31.1 Å². The predicted octanol–water partition coefficient (Wildman–Crippen LogP) is 3.30. The summed E-state index contributed by atoms with van der Waals surface area (Å²) in [5, 5.41) is 2.85. The minimum Gasteiger partial charge on any atom is -0.406 e. The summed E-state index contributed by atoms with van der Waals surface area (Å²) < 4.78 is 67.7. The molecule has 1 N–H and O–H groups in total. The van der Waals surface area contributed by atoms with Gasteiger partial charge in [0.2, 0.25) is 15.9 Å². The van der Waals surface area contributed by atoms with E-state index >= 15 is 0 Å². The Labute approximate surface area is 172 Å². The van der Waals surface area contributed by atoms with E-state index in [1.807, 2.05) is 30.3 Å². The zero-order valence-corrected chi connectivity index (χ0v) is 16.7. The summed E-state index contributed by atoms with van der Waals surface area (Å²) in [4.78, 5) is 12.1. The molecule has 0 unspecified atom stereocenters. The van der Waals surface area contributed by atoms with Crippen LogP contribution in [0.1, 0.15) is 18.4 Å². The lowest BCUT2D eigenvalue weighted by Gasteiger charge is -2.30. The number of hydrogen-bond donors (Lipinski definition) is 1. The number of benzene rings is 2. The topological polar surface area (TPSA) is 75.7 Å². The van der Waals surface area contributed by atoms with E-state index in [1.165, 1.54) is 16.4 Å². The van der Waals surface area contributed by atoms with E-state index in [1.54, 1.807) is 0 Å². The number of halogens is 3. The van der Waals surface area contributed by atoms with E-state index in [0.717, 1.165) is 17.7 Å². The fourth-order valence-electron chi connectivity index (χ4n) is 3.27. The lowest BCUT2D eigenvalue weighted by molar-refractivity contribution is -0.274. The van der Waals surface area contributed by atoms with Gasteiger partial charge in [0.15, 0.2) is 0 Å².